The smallest absolute Gasteiger partial charge is 0.422 e. The van der Waals surface area contributed by atoms with Gasteiger partial charge in [-0.1, -0.05) is 12.1 Å². The molecule has 0 unspecified atom stereocenters. The molecule has 0 atom stereocenters. The minimum atomic E-state index is -4.31. The minimum absolute atomic E-state index is 0.215. The normalized spacial score (nSPS) is 11.6. The summed E-state index contributed by atoms with van der Waals surface area (Å²) in [6.45, 7) is 0.892. The van der Waals surface area contributed by atoms with E-state index in [0.717, 1.165) is 18.7 Å². The van der Waals surface area contributed by atoms with Crippen LogP contribution in [0.4, 0.5) is 13.2 Å². The van der Waals surface area contributed by atoms with Gasteiger partial charge in [0, 0.05) is 25.5 Å². The maximum Gasteiger partial charge on any atom is 0.422 e. The van der Waals surface area contributed by atoms with E-state index in [-0.39, 0.29) is 5.75 Å². The van der Waals surface area contributed by atoms with Crippen molar-refractivity contribution in [1.82, 2.24) is 15.1 Å². The lowest BCUT2D eigenvalue weighted by Gasteiger charge is -2.10. The van der Waals surface area contributed by atoms with Crippen LogP contribution >= 0.6 is 0 Å². The van der Waals surface area contributed by atoms with Gasteiger partial charge in [0.1, 0.15) is 5.75 Å². The number of rotatable bonds is 7. The van der Waals surface area contributed by atoms with E-state index >= 15 is 0 Å². The summed E-state index contributed by atoms with van der Waals surface area (Å²) in [6, 6.07) is 8.42. The number of halogens is 3. The van der Waals surface area contributed by atoms with Gasteiger partial charge in [-0.3, -0.25) is 4.68 Å². The molecule has 1 heterocycles. The van der Waals surface area contributed by atoms with Gasteiger partial charge in [-0.2, -0.15) is 18.3 Å². The zero-order chi connectivity index (χ0) is 15.1. The largest absolute Gasteiger partial charge is 0.484 e. The lowest BCUT2D eigenvalue weighted by molar-refractivity contribution is -0.153. The van der Waals surface area contributed by atoms with E-state index in [9.17, 15) is 13.2 Å². The van der Waals surface area contributed by atoms with E-state index < -0.39 is 12.8 Å². The molecule has 0 aliphatic rings. The first-order chi connectivity index (χ1) is 10.0. The Bertz CT molecular complexity index is 523. The Balaban J connectivity index is 1.69. The van der Waals surface area contributed by atoms with Crippen LogP contribution in [-0.4, -0.2) is 29.1 Å². The second-order valence-electron chi connectivity index (χ2n) is 4.49. The van der Waals surface area contributed by atoms with Gasteiger partial charge < -0.3 is 10.1 Å². The summed E-state index contributed by atoms with van der Waals surface area (Å²) in [5.41, 5.74) is 0.981. The monoisotopic (exact) mass is 299 g/mol. The molecule has 0 aliphatic carbocycles. The predicted molar refractivity (Wildman–Crippen MR) is 71.9 cm³/mol. The van der Waals surface area contributed by atoms with E-state index in [0.29, 0.717) is 6.54 Å². The van der Waals surface area contributed by atoms with E-state index in [1.807, 2.05) is 16.9 Å². The van der Waals surface area contributed by atoms with Gasteiger partial charge in [-0.15, -0.1) is 0 Å². The number of nitrogens with zero attached hydrogens (tertiary/aromatic N) is 2. The zero-order valence-electron chi connectivity index (χ0n) is 11.3. The Labute approximate surface area is 120 Å². The Hall–Kier alpha value is -2.02. The van der Waals surface area contributed by atoms with Gasteiger partial charge >= 0.3 is 6.18 Å². The third-order valence-electron chi connectivity index (χ3n) is 2.73. The molecule has 2 rings (SSSR count). The van der Waals surface area contributed by atoms with Gasteiger partial charge in [0.05, 0.1) is 6.54 Å². The molecule has 0 amide bonds. The molecule has 0 saturated heterocycles. The molecule has 0 bridgehead atoms. The second kappa shape index (κ2) is 7.12. The molecule has 0 saturated carbocycles. The van der Waals surface area contributed by atoms with Gasteiger partial charge in [0.25, 0.3) is 0 Å². The summed E-state index contributed by atoms with van der Waals surface area (Å²) >= 11 is 0. The van der Waals surface area contributed by atoms with Crippen molar-refractivity contribution in [3.63, 3.8) is 0 Å². The van der Waals surface area contributed by atoms with Crippen LogP contribution in [0.25, 0.3) is 0 Å². The van der Waals surface area contributed by atoms with Crippen molar-refractivity contribution < 1.29 is 17.9 Å². The van der Waals surface area contributed by atoms with Crippen molar-refractivity contribution in [1.29, 1.82) is 0 Å². The van der Waals surface area contributed by atoms with Gasteiger partial charge in [-0.05, 0) is 23.8 Å². The molecular weight excluding hydrogens is 283 g/mol. The van der Waals surface area contributed by atoms with Crippen molar-refractivity contribution in [3.05, 3.63) is 48.3 Å². The average Bonchev–Trinajstić information content (AvgIpc) is 2.95. The van der Waals surface area contributed by atoms with Crippen LogP contribution in [0, 0.1) is 0 Å². The van der Waals surface area contributed by atoms with Crippen LogP contribution in [0.2, 0.25) is 0 Å². The number of hydrogen-bond donors (Lipinski definition) is 1. The topological polar surface area (TPSA) is 39.1 Å². The molecule has 0 aliphatic heterocycles. The Morgan fingerprint density at radius 2 is 1.95 bits per heavy atom. The third kappa shape index (κ3) is 5.86. The third-order valence-corrected chi connectivity index (χ3v) is 2.73. The van der Waals surface area contributed by atoms with Gasteiger partial charge in [-0.25, -0.2) is 0 Å². The zero-order valence-corrected chi connectivity index (χ0v) is 11.3. The van der Waals surface area contributed by atoms with E-state index in [1.54, 1.807) is 18.3 Å². The number of ether oxygens (including phenoxy) is 1. The molecule has 1 aromatic heterocycles. The van der Waals surface area contributed by atoms with Crippen molar-refractivity contribution >= 4 is 0 Å². The first-order valence-electron chi connectivity index (χ1n) is 6.49. The van der Waals surface area contributed by atoms with Crippen molar-refractivity contribution in [3.8, 4) is 5.75 Å². The van der Waals surface area contributed by atoms with E-state index in [2.05, 4.69) is 15.2 Å². The second-order valence-corrected chi connectivity index (χ2v) is 4.49. The molecule has 21 heavy (non-hydrogen) atoms. The van der Waals surface area contributed by atoms with Crippen LogP contribution in [0.1, 0.15) is 5.56 Å². The summed E-state index contributed by atoms with van der Waals surface area (Å²) in [5.74, 6) is 0.215. The maximum atomic E-state index is 12.0. The number of alkyl halides is 3. The molecule has 0 radical (unpaired) electrons. The summed E-state index contributed by atoms with van der Waals surface area (Å²) in [7, 11) is 0. The summed E-state index contributed by atoms with van der Waals surface area (Å²) in [5, 5.41) is 7.31. The highest BCUT2D eigenvalue weighted by Crippen LogP contribution is 2.18. The van der Waals surface area contributed by atoms with Crippen molar-refractivity contribution in [2.24, 2.45) is 0 Å². The molecule has 7 heteroatoms. The first-order valence-corrected chi connectivity index (χ1v) is 6.49. The molecular formula is C14H16F3N3O. The van der Waals surface area contributed by atoms with Crippen LogP contribution in [0.3, 0.4) is 0 Å². The number of nitrogens with one attached hydrogen (secondary N) is 1. The lowest BCUT2D eigenvalue weighted by Crippen LogP contribution is -2.20. The van der Waals surface area contributed by atoms with Gasteiger partial charge in [0.15, 0.2) is 6.61 Å². The predicted octanol–water partition coefficient (Wildman–Crippen LogP) is 2.61. The fourth-order valence-electron chi connectivity index (χ4n) is 1.73. The van der Waals surface area contributed by atoms with Crippen LogP contribution in [-0.2, 0) is 13.1 Å². The highest BCUT2D eigenvalue weighted by atomic mass is 19.4. The Morgan fingerprint density at radius 1 is 1.19 bits per heavy atom. The van der Waals surface area contributed by atoms with Crippen molar-refractivity contribution in [2.45, 2.75) is 19.3 Å². The summed E-state index contributed by atoms with van der Waals surface area (Å²) in [6.07, 6.45) is -0.707. The molecule has 1 N–H and O–H groups in total. The molecule has 114 valence electrons. The van der Waals surface area contributed by atoms with Crippen LogP contribution < -0.4 is 10.1 Å². The quantitative estimate of drug-likeness (QED) is 0.799. The SMILES string of the molecule is FC(F)(F)COc1ccc(CNCCn2cccn2)cc1. The molecule has 4 nitrogen and oxygen atoms in total. The molecule has 2 aromatic rings. The van der Waals surface area contributed by atoms with E-state index in [1.165, 1.54) is 12.1 Å². The summed E-state index contributed by atoms with van der Waals surface area (Å²) in [4.78, 5) is 0. The van der Waals surface area contributed by atoms with Crippen LogP contribution in [0.5, 0.6) is 5.75 Å². The standard InChI is InChI=1S/C14H16F3N3O/c15-14(16,17)11-21-13-4-2-12(3-5-13)10-18-7-9-20-8-1-6-19-20/h1-6,8,18H,7,9-11H2. The Morgan fingerprint density at radius 3 is 2.57 bits per heavy atom. The number of benzene rings is 1. The highest BCUT2D eigenvalue weighted by molar-refractivity contribution is 5.27. The number of hydrogen-bond acceptors (Lipinski definition) is 3. The highest BCUT2D eigenvalue weighted by Gasteiger charge is 2.28. The summed E-state index contributed by atoms with van der Waals surface area (Å²) < 4.78 is 42.5. The fraction of sp³-hybridized carbons (Fsp3) is 0.357. The first kappa shape index (κ1) is 15.4. The lowest BCUT2D eigenvalue weighted by atomic mass is 10.2. The number of aromatic nitrogens is 2. The van der Waals surface area contributed by atoms with Crippen LogP contribution in [0.15, 0.2) is 42.7 Å². The fourth-order valence-corrected chi connectivity index (χ4v) is 1.73. The van der Waals surface area contributed by atoms with E-state index in [4.69, 9.17) is 0 Å². The van der Waals surface area contributed by atoms with Gasteiger partial charge in [0.2, 0.25) is 0 Å². The average molecular weight is 299 g/mol. The molecule has 0 fully saturated rings. The molecule has 0 spiro atoms. The minimum Gasteiger partial charge on any atom is -0.484 e. The van der Waals surface area contributed by atoms with Crippen molar-refractivity contribution in [2.75, 3.05) is 13.2 Å². The Kier molecular flexibility index (Phi) is 5.21. The molecule has 1 aromatic carbocycles. The maximum absolute atomic E-state index is 12.0.